The highest BCUT2D eigenvalue weighted by Gasteiger charge is 2.53. The maximum Gasteiger partial charge on any atom is 0.329 e. The van der Waals surface area contributed by atoms with Crippen LogP contribution in [0.4, 0.5) is 0 Å². The summed E-state index contributed by atoms with van der Waals surface area (Å²) in [6.45, 7) is -3.41. The van der Waals surface area contributed by atoms with Gasteiger partial charge in [0.2, 0.25) is 0 Å². The first kappa shape index (κ1) is 31.4. The summed E-state index contributed by atoms with van der Waals surface area (Å²) < 4.78 is 31.9. The first-order valence-corrected chi connectivity index (χ1v) is 11.6. The van der Waals surface area contributed by atoms with E-state index in [2.05, 4.69) is 0 Å². The van der Waals surface area contributed by atoms with Crippen LogP contribution in [0, 0.1) is 0 Å². The van der Waals surface area contributed by atoms with Crippen molar-refractivity contribution in [1.82, 2.24) is 0 Å². The zero-order valence-electron chi connectivity index (χ0n) is 19.8. The standard InChI is InChI=1S/C20H34O18/c21-1-5-9(26)10(27)17(33-4-8(24)25)20(35-5)38-16-7(3-23)36-19(14(31)12(16)29)37-15-6(2-22)34-18(32)13(30)11(15)28/h5-7,9-23,26-32H,1-4H2,(H,24,25)/t5-,6-,7-,9-,10+,11-,12-,13-,14-,15-,16-,17-,18?,19-,20-/m1/s1. The lowest BCUT2D eigenvalue weighted by Crippen LogP contribution is -2.66. The molecule has 0 aromatic rings. The number of rotatable bonds is 10. The maximum absolute atomic E-state index is 10.9. The van der Waals surface area contributed by atoms with Gasteiger partial charge in [0.05, 0.1) is 19.8 Å². The highest BCUT2D eigenvalue weighted by atomic mass is 16.8. The molecule has 0 spiro atoms. The van der Waals surface area contributed by atoms with Crippen molar-refractivity contribution in [2.75, 3.05) is 26.4 Å². The number of aliphatic hydroxyl groups excluding tert-OH is 10. The van der Waals surface area contributed by atoms with Crippen molar-refractivity contribution >= 4 is 5.97 Å². The van der Waals surface area contributed by atoms with Gasteiger partial charge in [0.1, 0.15) is 79.9 Å². The number of ether oxygens (including phenoxy) is 6. The summed E-state index contributed by atoms with van der Waals surface area (Å²) in [7, 11) is 0. The monoisotopic (exact) mass is 562 g/mol. The zero-order valence-corrected chi connectivity index (χ0v) is 19.8. The molecule has 0 amide bonds. The number of carboxylic acids is 1. The molecule has 3 aliphatic heterocycles. The van der Waals surface area contributed by atoms with Crippen LogP contribution in [-0.4, -0.2) is 181 Å². The maximum atomic E-state index is 10.9. The molecule has 222 valence electrons. The summed E-state index contributed by atoms with van der Waals surface area (Å²) in [5.41, 5.74) is 0. The number of carbonyl (C=O) groups is 1. The lowest BCUT2D eigenvalue weighted by molar-refractivity contribution is -0.379. The van der Waals surface area contributed by atoms with E-state index in [0.29, 0.717) is 0 Å². The molecule has 0 aromatic carbocycles. The molecule has 0 bridgehead atoms. The van der Waals surface area contributed by atoms with Gasteiger partial charge in [0.15, 0.2) is 18.9 Å². The second kappa shape index (κ2) is 13.5. The Balaban J connectivity index is 1.76. The lowest BCUT2D eigenvalue weighted by atomic mass is 9.96. The van der Waals surface area contributed by atoms with Gasteiger partial charge in [-0.05, 0) is 0 Å². The molecule has 18 heteroatoms. The van der Waals surface area contributed by atoms with Crippen molar-refractivity contribution in [2.24, 2.45) is 0 Å². The van der Waals surface area contributed by atoms with E-state index in [-0.39, 0.29) is 0 Å². The number of hydrogen-bond acceptors (Lipinski definition) is 17. The Morgan fingerprint density at radius 1 is 0.579 bits per heavy atom. The molecule has 0 aromatic heterocycles. The Kier molecular flexibility index (Phi) is 11.1. The number of aliphatic carboxylic acids is 1. The number of hydrogen-bond donors (Lipinski definition) is 11. The second-order valence-corrected chi connectivity index (χ2v) is 9.01. The highest BCUT2D eigenvalue weighted by Crippen LogP contribution is 2.32. The Morgan fingerprint density at radius 2 is 1.05 bits per heavy atom. The van der Waals surface area contributed by atoms with Gasteiger partial charge in [0.25, 0.3) is 0 Å². The van der Waals surface area contributed by atoms with Crippen LogP contribution in [-0.2, 0) is 33.2 Å². The number of aliphatic hydroxyl groups is 10. The molecule has 0 saturated carbocycles. The third kappa shape index (κ3) is 6.58. The van der Waals surface area contributed by atoms with E-state index in [4.69, 9.17) is 33.5 Å². The van der Waals surface area contributed by atoms with E-state index in [1.54, 1.807) is 0 Å². The minimum absolute atomic E-state index is 0.789. The second-order valence-electron chi connectivity index (χ2n) is 9.01. The van der Waals surface area contributed by atoms with E-state index < -0.39 is 125 Å². The molecule has 3 aliphatic rings. The molecule has 3 rings (SSSR count). The van der Waals surface area contributed by atoms with Gasteiger partial charge in [-0.25, -0.2) is 4.79 Å². The van der Waals surface area contributed by atoms with Gasteiger partial charge in [-0.15, -0.1) is 0 Å². The van der Waals surface area contributed by atoms with Crippen LogP contribution in [0.5, 0.6) is 0 Å². The van der Waals surface area contributed by atoms with Crippen molar-refractivity contribution in [3.8, 4) is 0 Å². The summed E-state index contributed by atoms with van der Waals surface area (Å²) in [6, 6.07) is 0. The van der Waals surface area contributed by atoms with Crippen LogP contribution in [0.15, 0.2) is 0 Å². The molecule has 3 saturated heterocycles. The third-order valence-electron chi connectivity index (χ3n) is 6.47. The van der Waals surface area contributed by atoms with Crippen LogP contribution in [0.1, 0.15) is 0 Å². The van der Waals surface area contributed by atoms with Crippen LogP contribution < -0.4 is 0 Å². The number of carboxylic acid groups (broad SMARTS) is 1. The Bertz CT molecular complexity index is 753. The SMILES string of the molecule is O=C(O)CO[C@H]1[C@@H](O[C@H]2[C@H](O)[C@@H](O)[C@@H](O[C@H]3[C@H](O)[C@@H](O)C(O)O[C@@H]3CO)O[C@@H]2CO)O[C@H](CO)[C@@H](O)[C@@H]1O. The van der Waals surface area contributed by atoms with Gasteiger partial charge in [-0.3, -0.25) is 0 Å². The van der Waals surface area contributed by atoms with Crippen molar-refractivity contribution in [1.29, 1.82) is 0 Å². The smallest absolute Gasteiger partial charge is 0.329 e. The van der Waals surface area contributed by atoms with Crippen molar-refractivity contribution in [3.05, 3.63) is 0 Å². The average Bonchev–Trinajstić information content (AvgIpc) is 2.89. The molecule has 18 nitrogen and oxygen atoms in total. The quantitative estimate of drug-likeness (QED) is 0.118. The fraction of sp³-hybridized carbons (Fsp3) is 0.950. The molecule has 38 heavy (non-hydrogen) atoms. The van der Waals surface area contributed by atoms with Crippen molar-refractivity contribution in [2.45, 2.75) is 92.1 Å². The predicted octanol–water partition coefficient (Wildman–Crippen LogP) is -7.46. The summed E-state index contributed by atoms with van der Waals surface area (Å²) in [5, 5.41) is 109. The minimum atomic E-state index is -1.97. The van der Waals surface area contributed by atoms with E-state index in [0.717, 1.165) is 0 Å². The highest BCUT2D eigenvalue weighted by molar-refractivity contribution is 5.68. The molecule has 0 aliphatic carbocycles. The molecule has 1 unspecified atom stereocenters. The van der Waals surface area contributed by atoms with E-state index in [9.17, 15) is 55.9 Å². The summed E-state index contributed by atoms with van der Waals surface area (Å²) in [6.07, 6.45) is -25.7. The molecule has 15 atom stereocenters. The predicted molar refractivity (Wildman–Crippen MR) is 113 cm³/mol. The van der Waals surface area contributed by atoms with E-state index >= 15 is 0 Å². The minimum Gasteiger partial charge on any atom is -0.480 e. The molecule has 11 N–H and O–H groups in total. The fourth-order valence-corrected chi connectivity index (χ4v) is 4.39. The van der Waals surface area contributed by atoms with Crippen molar-refractivity contribution < 1.29 is 89.4 Å². The normalized spacial score (nSPS) is 48.1. The van der Waals surface area contributed by atoms with Crippen LogP contribution in [0.25, 0.3) is 0 Å². The molecule has 3 fully saturated rings. The fourth-order valence-electron chi connectivity index (χ4n) is 4.39. The molecule has 3 heterocycles. The Labute approximate surface area is 214 Å². The lowest BCUT2D eigenvalue weighted by Gasteiger charge is -2.48. The first-order valence-electron chi connectivity index (χ1n) is 11.6. The zero-order chi connectivity index (χ0) is 28.3. The van der Waals surface area contributed by atoms with Gasteiger partial charge in [-0.1, -0.05) is 0 Å². The summed E-state index contributed by atoms with van der Waals surface area (Å²) in [4.78, 5) is 10.9. The topological polar surface area (TPSA) is 295 Å². The molecule has 0 radical (unpaired) electrons. The largest absolute Gasteiger partial charge is 0.480 e. The summed E-state index contributed by atoms with van der Waals surface area (Å²) >= 11 is 0. The van der Waals surface area contributed by atoms with Gasteiger partial charge in [0, 0.05) is 0 Å². The van der Waals surface area contributed by atoms with Crippen LogP contribution in [0.3, 0.4) is 0 Å². The third-order valence-corrected chi connectivity index (χ3v) is 6.47. The van der Waals surface area contributed by atoms with Crippen LogP contribution >= 0.6 is 0 Å². The Hall–Kier alpha value is -1.17. The van der Waals surface area contributed by atoms with E-state index in [1.807, 2.05) is 0 Å². The summed E-state index contributed by atoms with van der Waals surface area (Å²) in [5.74, 6) is -1.44. The van der Waals surface area contributed by atoms with Gasteiger partial charge in [-0.2, -0.15) is 0 Å². The van der Waals surface area contributed by atoms with Gasteiger partial charge < -0.3 is 84.6 Å². The Morgan fingerprint density at radius 3 is 1.61 bits per heavy atom. The average molecular weight is 562 g/mol. The molecular formula is C20H34O18. The van der Waals surface area contributed by atoms with Crippen LogP contribution in [0.2, 0.25) is 0 Å². The van der Waals surface area contributed by atoms with Crippen molar-refractivity contribution in [3.63, 3.8) is 0 Å². The van der Waals surface area contributed by atoms with E-state index in [1.165, 1.54) is 0 Å². The first-order chi connectivity index (χ1) is 17.9. The van der Waals surface area contributed by atoms with Gasteiger partial charge >= 0.3 is 5.97 Å². The molecular weight excluding hydrogens is 528 g/mol.